The van der Waals surface area contributed by atoms with E-state index in [9.17, 15) is 4.79 Å². The Morgan fingerprint density at radius 2 is 1.93 bits per heavy atom. The van der Waals surface area contributed by atoms with Crippen molar-refractivity contribution < 1.29 is 0 Å². The van der Waals surface area contributed by atoms with E-state index >= 15 is 0 Å². The molecule has 0 saturated carbocycles. The molecule has 1 aromatic carbocycles. The maximum absolute atomic E-state index is 12.4. The Morgan fingerprint density at radius 3 is 2.52 bits per heavy atom. The molecule has 0 fully saturated rings. The molecular weight excluding hydrogens is 380 g/mol. The molecule has 0 spiro atoms. The zero-order valence-electron chi connectivity index (χ0n) is 15.9. The highest BCUT2D eigenvalue weighted by atomic mass is 35.5. The second-order valence-corrected chi connectivity index (χ2v) is 8.83. The number of rotatable bonds is 5. The topological polar surface area (TPSA) is 59.8 Å². The number of benzene rings is 1. The van der Waals surface area contributed by atoms with Crippen molar-refractivity contribution in [1.29, 1.82) is 0 Å². The van der Waals surface area contributed by atoms with Crippen LogP contribution < -0.4 is 10.9 Å². The van der Waals surface area contributed by atoms with Crippen LogP contribution in [0.4, 0.5) is 5.69 Å². The van der Waals surface area contributed by atoms with E-state index in [1.165, 1.54) is 10.2 Å². The van der Waals surface area contributed by atoms with E-state index in [0.29, 0.717) is 12.2 Å². The fourth-order valence-electron chi connectivity index (χ4n) is 2.71. The van der Waals surface area contributed by atoms with Gasteiger partial charge in [0.15, 0.2) is 0 Å². The van der Waals surface area contributed by atoms with E-state index in [1.54, 1.807) is 17.5 Å². The molecule has 0 unspecified atom stereocenters. The molecule has 5 nitrogen and oxygen atoms in total. The SMILES string of the molecule is Cc1nc(-c2ccc(CCNc3cnn(C(C)(C)C)c(=O)c3Cl)cc2)cs1. The van der Waals surface area contributed by atoms with Crippen LogP contribution in [0.15, 0.2) is 40.6 Å². The fraction of sp³-hybridized carbons (Fsp3) is 0.350. The summed E-state index contributed by atoms with van der Waals surface area (Å²) in [5, 5.41) is 10.8. The summed E-state index contributed by atoms with van der Waals surface area (Å²) < 4.78 is 1.40. The molecule has 0 saturated heterocycles. The Balaban J connectivity index is 1.63. The summed E-state index contributed by atoms with van der Waals surface area (Å²) >= 11 is 7.89. The van der Waals surface area contributed by atoms with E-state index in [1.807, 2.05) is 27.7 Å². The fourth-order valence-corrected chi connectivity index (χ4v) is 3.53. The maximum Gasteiger partial charge on any atom is 0.288 e. The highest BCUT2D eigenvalue weighted by molar-refractivity contribution is 7.09. The van der Waals surface area contributed by atoms with Gasteiger partial charge in [0.2, 0.25) is 0 Å². The lowest BCUT2D eigenvalue weighted by atomic mass is 10.1. The van der Waals surface area contributed by atoms with Crippen molar-refractivity contribution in [2.75, 3.05) is 11.9 Å². The van der Waals surface area contributed by atoms with E-state index in [2.05, 4.69) is 45.0 Å². The second-order valence-electron chi connectivity index (χ2n) is 7.39. The lowest BCUT2D eigenvalue weighted by Gasteiger charge is -2.21. The first kappa shape index (κ1) is 19.6. The summed E-state index contributed by atoms with van der Waals surface area (Å²) in [6.07, 6.45) is 2.43. The minimum Gasteiger partial charge on any atom is -0.382 e. The first-order chi connectivity index (χ1) is 12.8. The molecule has 0 radical (unpaired) electrons. The number of anilines is 1. The molecule has 0 aliphatic heterocycles. The van der Waals surface area contributed by atoms with Crippen molar-refractivity contribution in [1.82, 2.24) is 14.8 Å². The highest BCUT2D eigenvalue weighted by Gasteiger charge is 2.19. The van der Waals surface area contributed by atoms with Crippen molar-refractivity contribution in [3.05, 3.63) is 61.8 Å². The average molecular weight is 403 g/mol. The summed E-state index contributed by atoms with van der Waals surface area (Å²) in [4.78, 5) is 16.9. The molecule has 2 aromatic heterocycles. The van der Waals surface area contributed by atoms with Crippen LogP contribution in [-0.2, 0) is 12.0 Å². The second kappa shape index (κ2) is 7.82. The van der Waals surface area contributed by atoms with Crippen molar-refractivity contribution in [3.8, 4) is 11.3 Å². The van der Waals surface area contributed by atoms with Crippen LogP contribution in [0.3, 0.4) is 0 Å². The first-order valence-electron chi connectivity index (χ1n) is 8.79. The number of halogens is 1. The van der Waals surface area contributed by atoms with E-state index in [4.69, 9.17) is 11.6 Å². The maximum atomic E-state index is 12.4. The van der Waals surface area contributed by atoms with Gasteiger partial charge in [-0.25, -0.2) is 9.67 Å². The largest absolute Gasteiger partial charge is 0.382 e. The van der Waals surface area contributed by atoms with Gasteiger partial charge < -0.3 is 5.32 Å². The van der Waals surface area contributed by atoms with Crippen molar-refractivity contribution in [3.63, 3.8) is 0 Å². The molecule has 7 heteroatoms. The molecule has 3 rings (SSSR count). The number of aromatic nitrogens is 3. The Kier molecular flexibility index (Phi) is 5.67. The van der Waals surface area contributed by atoms with E-state index in [-0.39, 0.29) is 10.6 Å². The highest BCUT2D eigenvalue weighted by Crippen LogP contribution is 2.22. The zero-order valence-corrected chi connectivity index (χ0v) is 17.5. The van der Waals surface area contributed by atoms with Crippen LogP contribution in [0.5, 0.6) is 0 Å². The van der Waals surface area contributed by atoms with Crippen LogP contribution >= 0.6 is 22.9 Å². The zero-order chi connectivity index (χ0) is 19.6. The van der Waals surface area contributed by atoms with Crippen LogP contribution in [-0.4, -0.2) is 21.3 Å². The normalized spacial score (nSPS) is 11.6. The third-order valence-corrected chi connectivity index (χ3v) is 5.29. The third kappa shape index (κ3) is 4.57. The summed E-state index contributed by atoms with van der Waals surface area (Å²) in [6.45, 7) is 8.42. The Morgan fingerprint density at radius 1 is 1.22 bits per heavy atom. The summed E-state index contributed by atoms with van der Waals surface area (Å²) in [5.41, 5.74) is 3.21. The molecule has 0 amide bonds. The van der Waals surface area contributed by atoms with Gasteiger partial charge in [-0.1, -0.05) is 35.9 Å². The molecule has 0 aliphatic carbocycles. The van der Waals surface area contributed by atoms with Gasteiger partial charge in [-0.15, -0.1) is 11.3 Å². The number of hydrogen-bond acceptors (Lipinski definition) is 5. The predicted molar refractivity (Wildman–Crippen MR) is 113 cm³/mol. The number of aryl methyl sites for hydroxylation is 1. The van der Waals surface area contributed by atoms with Crippen LogP contribution in [0.25, 0.3) is 11.3 Å². The smallest absolute Gasteiger partial charge is 0.288 e. The van der Waals surface area contributed by atoms with Crippen molar-refractivity contribution in [2.24, 2.45) is 0 Å². The number of thiazole rings is 1. The first-order valence-corrected chi connectivity index (χ1v) is 10.0. The number of nitrogens with one attached hydrogen (secondary N) is 1. The van der Waals surface area contributed by atoms with Gasteiger partial charge >= 0.3 is 0 Å². The monoisotopic (exact) mass is 402 g/mol. The third-order valence-electron chi connectivity index (χ3n) is 4.15. The van der Waals surface area contributed by atoms with Crippen LogP contribution in [0, 0.1) is 6.92 Å². The van der Waals surface area contributed by atoms with Gasteiger partial charge in [0, 0.05) is 17.5 Å². The predicted octanol–water partition coefficient (Wildman–Crippen LogP) is 4.74. The van der Waals surface area contributed by atoms with Gasteiger partial charge in [0.05, 0.1) is 28.1 Å². The quantitative estimate of drug-likeness (QED) is 0.669. The number of nitrogens with zero attached hydrogens (tertiary/aromatic N) is 3. The van der Waals surface area contributed by atoms with Crippen LogP contribution in [0.1, 0.15) is 31.3 Å². The van der Waals surface area contributed by atoms with Gasteiger partial charge in [0.1, 0.15) is 5.02 Å². The molecule has 0 atom stereocenters. The van der Waals surface area contributed by atoms with E-state index in [0.717, 1.165) is 22.7 Å². The van der Waals surface area contributed by atoms with Gasteiger partial charge in [-0.2, -0.15) is 5.10 Å². The molecule has 2 heterocycles. The molecule has 27 heavy (non-hydrogen) atoms. The van der Waals surface area contributed by atoms with Crippen molar-refractivity contribution in [2.45, 2.75) is 39.7 Å². The average Bonchev–Trinajstić information content (AvgIpc) is 3.04. The summed E-state index contributed by atoms with van der Waals surface area (Å²) in [6, 6.07) is 8.37. The lowest BCUT2D eigenvalue weighted by Crippen LogP contribution is -2.36. The Hall–Kier alpha value is -2.18. The molecule has 0 aliphatic rings. The summed E-state index contributed by atoms with van der Waals surface area (Å²) in [7, 11) is 0. The minimum absolute atomic E-state index is 0.175. The number of hydrogen-bond donors (Lipinski definition) is 1. The van der Waals surface area contributed by atoms with E-state index < -0.39 is 5.54 Å². The molecular formula is C20H23ClN4OS. The Bertz CT molecular complexity index is 986. The lowest BCUT2D eigenvalue weighted by molar-refractivity contribution is 0.338. The van der Waals surface area contributed by atoms with Gasteiger partial charge in [-0.05, 0) is 39.7 Å². The van der Waals surface area contributed by atoms with Crippen LogP contribution in [0.2, 0.25) is 5.02 Å². The summed E-state index contributed by atoms with van der Waals surface area (Å²) in [5.74, 6) is 0. The molecule has 0 bridgehead atoms. The molecule has 142 valence electrons. The van der Waals surface area contributed by atoms with Crippen molar-refractivity contribution >= 4 is 28.6 Å². The standard InChI is InChI=1S/C20H23ClN4OS/c1-13-24-17(12-27-13)15-7-5-14(6-8-15)9-10-22-16-11-23-25(20(2,3)4)19(26)18(16)21/h5-8,11-12,22H,9-10H2,1-4H3. The molecule has 1 N–H and O–H groups in total. The Labute approximate surface area is 168 Å². The van der Waals surface area contributed by atoms with Gasteiger partial charge in [-0.3, -0.25) is 4.79 Å². The van der Waals surface area contributed by atoms with Gasteiger partial charge in [0.25, 0.3) is 5.56 Å². The minimum atomic E-state index is -0.406. The molecule has 3 aromatic rings.